The summed E-state index contributed by atoms with van der Waals surface area (Å²) in [7, 11) is 0. The van der Waals surface area contributed by atoms with Crippen molar-refractivity contribution in [2.24, 2.45) is 68.0 Å². The van der Waals surface area contributed by atoms with Crippen LogP contribution in [0.1, 0.15) is 145 Å². The molecular weight excluding hydrogens is 800 g/mol. The van der Waals surface area contributed by atoms with E-state index in [-0.39, 0.29) is 57.3 Å². The second-order valence-corrected chi connectivity index (χ2v) is 23.9. The SMILES string of the molecule is CC(C)C1=C2[C@H]3CC[C@@H]4[C@@]5(C)CC[C@H](OC(=O)[C@H]6C[C@@H](C(=O)O)C6(C)C)C(C)(C)[C@@H]5CC[C@@]4(C)[C@]3(C)CC[C@@]2([C@@H](O)CNCc2ccc(Cl)cc2OCCN2CCCC2)CC1=O. The maximum absolute atomic E-state index is 14.3. The molecule has 0 unspecified atom stereocenters. The summed E-state index contributed by atoms with van der Waals surface area (Å²) in [6.45, 7) is 25.1. The Morgan fingerprint density at radius 3 is 2.31 bits per heavy atom. The van der Waals surface area contributed by atoms with Gasteiger partial charge in [0.15, 0.2) is 5.78 Å². The monoisotopic (exact) mass is 877 g/mol. The Hall–Kier alpha value is -2.46. The van der Waals surface area contributed by atoms with Crippen molar-refractivity contribution in [3.05, 3.63) is 39.9 Å². The van der Waals surface area contributed by atoms with Crippen molar-refractivity contribution in [3.63, 3.8) is 0 Å². The number of aliphatic hydroxyl groups excluding tert-OH is 1. The molecule has 7 aliphatic rings. The Bertz CT molecular complexity index is 1950. The van der Waals surface area contributed by atoms with Crippen LogP contribution in [0.15, 0.2) is 29.3 Å². The molecule has 1 saturated heterocycles. The van der Waals surface area contributed by atoms with Crippen LogP contribution in [0, 0.1) is 68.0 Å². The minimum absolute atomic E-state index is 0.0325. The summed E-state index contributed by atoms with van der Waals surface area (Å²) < 4.78 is 12.7. The number of Topliss-reactive ketones (excluding diaryl/α,β-unsaturated/α-hetero) is 1. The third kappa shape index (κ3) is 7.23. The number of esters is 1. The number of halogens is 1. The van der Waals surface area contributed by atoms with Crippen LogP contribution in [0.2, 0.25) is 5.02 Å². The number of carbonyl (C=O) groups excluding carboxylic acids is 2. The van der Waals surface area contributed by atoms with Crippen molar-refractivity contribution in [1.29, 1.82) is 0 Å². The Morgan fingerprint density at radius 2 is 1.63 bits per heavy atom. The van der Waals surface area contributed by atoms with E-state index in [2.05, 4.69) is 58.7 Å². The number of benzene rings is 1. The van der Waals surface area contributed by atoms with E-state index in [4.69, 9.17) is 21.1 Å². The lowest BCUT2D eigenvalue weighted by Crippen LogP contribution is -2.66. The fraction of sp³-hybridized carbons (Fsp3) is 0.788. The highest BCUT2D eigenvalue weighted by molar-refractivity contribution is 6.30. The minimum Gasteiger partial charge on any atom is -0.492 e. The van der Waals surface area contributed by atoms with E-state index in [1.807, 2.05) is 32.0 Å². The molecule has 1 aliphatic heterocycles. The molecule has 0 spiro atoms. The van der Waals surface area contributed by atoms with E-state index in [0.717, 1.165) is 87.9 Å². The number of rotatable bonds is 13. The number of nitrogens with one attached hydrogen (secondary N) is 1. The van der Waals surface area contributed by atoms with Crippen LogP contribution in [0.25, 0.3) is 0 Å². The van der Waals surface area contributed by atoms with Gasteiger partial charge in [0.2, 0.25) is 0 Å². The van der Waals surface area contributed by atoms with E-state index in [9.17, 15) is 24.6 Å². The van der Waals surface area contributed by atoms with E-state index < -0.39 is 28.8 Å². The molecule has 0 amide bonds. The second kappa shape index (κ2) is 16.5. The van der Waals surface area contributed by atoms with Gasteiger partial charge in [0, 0.05) is 47.5 Å². The summed E-state index contributed by atoms with van der Waals surface area (Å²) >= 11 is 6.43. The molecule has 0 radical (unpaired) electrons. The normalized spacial score (nSPS) is 39.0. The second-order valence-electron chi connectivity index (χ2n) is 23.4. The predicted octanol–water partition coefficient (Wildman–Crippen LogP) is 9.90. The van der Waals surface area contributed by atoms with Gasteiger partial charge in [-0.05, 0) is 147 Å². The topological polar surface area (TPSA) is 125 Å². The van der Waals surface area contributed by atoms with Crippen LogP contribution in [0.3, 0.4) is 0 Å². The van der Waals surface area contributed by atoms with E-state index in [1.54, 1.807) is 0 Å². The number of hydrogen-bond donors (Lipinski definition) is 3. The molecule has 10 heteroatoms. The van der Waals surface area contributed by atoms with E-state index >= 15 is 0 Å². The average molecular weight is 878 g/mol. The van der Waals surface area contributed by atoms with Crippen LogP contribution in [-0.2, 0) is 25.7 Å². The standard InChI is InChI=1S/C52H77ClN2O7/c1-31(2)43-37(56)28-52(41(57)30-54-29-32-12-13-33(53)26-38(32)61-25-24-55-22-10-11-23-55)21-20-50(8)34(44(43)52)14-15-40-49(7)18-17-42(48(5,6)39(49)16-19-51(40,50)9)62-46(60)36-27-35(45(58)59)47(36,3)4/h12-13,26,31,34-36,39-42,54,57H,10-11,14-25,27-30H2,1-9H3,(H,58,59)/t34-,35+,36-,39+,40-,41+,42+,49+,50-,51-,52+/m1/s1. The van der Waals surface area contributed by atoms with Gasteiger partial charge < -0.3 is 25.0 Å². The number of fused-ring (bicyclic) bond motifs is 7. The molecule has 11 atom stereocenters. The number of carboxylic acids is 1. The highest BCUT2D eigenvalue weighted by atomic mass is 35.5. The lowest BCUT2D eigenvalue weighted by atomic mass is 9.33. The quantitative estimate of drug-likeness (QED) is 0.166. The van der Waals surface area contributed by atoms with Crippen LogP contribution >= 0.6 is 11.6 Å². The van der Waals surface area contributed by atoms with E-state index in [0.29, 0.717) is 49.4 Å². The van der Waals surface area contributed by atoms with Crippen molar-refractivity contribution in [3.8, 4) is 5.75 Å². The minimum atomic E-state index is -0.831. The summed E-state index contributed by atoms with van der Waals surface area (Å²) in [5, 5.41) is 26.4. The Morgan fingerprint density at radius 1 is 0.903 bits per heavy atom. The molecule has 9 nitrogen and oxygen atoms in total. The molecule has 0 bridgehead atoms. The van der Waals surface area contributed by atoms with Gasteiger partial charge in [-0.2, -0.15) is 0 Å². The summed E-state index contributed by atoms with van der Waals surface area (Å²) in [6, 6.07) is 5.81. The van der Waals surface area contributed by atoms with Crippen molar-refractivity contribution in [2.45, 2.75) is 158 Å². The molecule has 1 aromatic rings. The predicted molar refractivity (Wildman–Crippen MR) is 243 cm³/mol. The maximum Gasteiger partial charge on any atom is 0.309 e. The zero-order valence-corrected chi connectivity index (χ0v) is 40.1. The molecule has 1 heterocycles. The fourth-order valence-electron chi connectivity index (χ4n) is 15.9. The van der Waals surface area contributed by atoms with Crippen LogP contribution in [-0.4, -0.2) is 77.8 Å². The molecule has 3 N–H and O–H groups in total. The summed E-state index contributed by atoms with van der Waals surface area (Å²) in [5.41, 5.74) is 1.95. The highest BCUT2D eigenvalue weighted by Crippen LogP contribution is 2.77. The number of carbonyl (C=O) groups is 3. The third-order valence-corrected chi connectivity index (χ3v) is 20.0. The highest BCUT2D eigenvalue weighted by Gasteiger charge is 2.71. The number of ketones is 1. The molecule has 62 heavy (non-hydrogen) atoms. The maximum atomic E-state index is 14.3. The van der Waals surface area contributed by atoms with Crippen molar-refractivity contribution >= 4 is 29.3 Å². The van der Waals surface area contributed by atoms with Gasteiger partial charge in [0.25, 0.3) is 0 Å². The number of aliphatic carboxylic acids is 1. The largest absolute Gasteiger partial charge is 0.492 e. The third-order valence-electron chi connectivity index (χ3n) is 19.7. The van der Waals surface area contributed by atoms with Gasteiger partial charge in [0.05, 0.1) is 17.9 Å². The number of ether oxygens (including phenoxy) is 2. The molecule has 344 valence electrons. The summed E-state index contributed by atoms with van der Waals surface area (Å²) in [4.78, 5) is 42.2. The van der Waals surface area contributed by atoms with Gasteiger partial charge in [-0.15, -0.1) is 0 Å². The number of carboxylic acid groups (broad SMARTS) is 1. The molecule has 6 fully saturated rings. The number of aliphatic hydroxyl groups is 1. The molecule has 0 aromatic heterocycles. The number of nitrogens with zero attached hydrogens (tertiary/aromatic N) is 1. The Balaban J connectivity index is 0.988. The first-order valence-corrected chi connectivity index (χ1v) is 24.7. The first-order valence-electron chi connectivity index (χ1n) is 24.3. The molecule has 1 aromatic carbocycles. The van der Waals surface area contributed by atoms with Gasteiger partial charge in [-0.25, -0.2) is 0 Å². The molecule has 6 aliphatic carbocycles. The zero-order chi connectivity index (χ0) is 44.8. The molecule has 5 saturated carbocycles. The van der Waals surface area contributed by atoms with Crippen molar-refractivity contribution in [2.75, 3.05) is 32.8 Å². The van der Waals surface area contributed by atoms with Crippen LogP contribution in [0.5, 0.6) is 5.75 Å². The summed E-state index contributed by atoms with van der Waals surface area (Å²) in [6.07, 6.45) is 10.2. The van der Waals surface area contributed by atoms with Crippen molar-refractivity contribution < 1.29 is 34.1 Å². The average Bonchev–Trinajstić information content (AvgIpc) is 3.82. The lowest BCUT2D eigenvalue weighted by Gasteiger charge is -2.72. The first kappa shape index (κ1) is 46.1. The van der Waals surface area contributed by atoms with Crippen LogP contribution in [0.4, 0.5) is 0 Å². The first-order chi connectivity index (χ1) is 29.1. The van der Waals surface area contributed by atoms with Crippen LogP contribution < -0.4 is 10.1 Å². The lowest BCUT2D eigenvalue weighted by molar-refractivity contribution is -0.238. The zero-order valence-electron chi connectivity index (χ0n) is 39.3. The smallest absolute Gasteiger partial charge is 0.309 e. The number of allylic oxidation sites excluding steroid dienone is 1. The number of likely N-dealkylation sites (tertiary alicyclic amines) is 1. The molecule has 8 rings (SSSR count). The van der Waals surface area contributed by atoms with Crippen molar-refractivity contribution in [1.82, 2.24) is 10.2 Å². The van der Waals surface area contributed by atoms with E-state index in [1.165, 1.54) is 18.4 Å². The Kier molecular flexibility index (Phi) is 12.2. The Labute approximate surface area is 376 Å². The van der Waals surface area contributed by atoms with Gasteiger partial charge in [-0.3, -0.25) is 19.3 Å². The van der Waals surface area contributed by atoms with Gasteiger partial charge in [0.1, 0.15) is 18.5 Å². The summed E-state index contributed by atoms with van der Waals surface area (Å²) in [5.74, 6) is 0.241. The fourth-order valence-corrected chi connectivity index (χ4v) is 16.0. The van der Waals surface area contributed by atoms with Gasteiger partial charge >= 0.3 is 11.9 Å². The number of hydrogen-bond acceptors (Lipinski definition) is 8. The molecular formula is C52H77ClN2O7. The van der Waals surface area contributed by atoms with Gasteiger partial charge in [-0.1, -0.05) is 85.6 Å².